The van der Waals surface area contributed by atoms with Crippen molar-refractivity contribution in [3.63, 3.8) is 0 Å². The van der Waals surface area contributed by atoms with Gasteiger partial charge in [0.25, 0.3) is 0 Å². The van der Waals surface area contributed by atoms with Gasteiger partial charge < -0.3 is 14.5 Å². The number of halogens is 1. The summed E-state index contributed by atoms with van der Waals surface area (Å²) in [7, 11) is 1.65. The monoisotopic (exact) mass is 350 g/mol. The molecule has 1 aromatic heterocycles. The highest BCUT2D eigenvalue weighted by Gasteiger charge is 2.06. The average Bonchev–Trinajstić information content (AvgIpc) is 2.96. The Morgan fingerprint density at radius 2 is 1.87 bits per heavy atom. The Morgan fingerprint density at radius 1 is 1.09 bits per heavy atom. The first-order valence-corrected chi connectivity index (χ1v) is 8.10. The molecule has 23 heavy (non-hydrogen) atoms. The van der Waals surface area contributed by atoms with E-state index in [1.54, 1.807) is 18.9 Å². The van der Waals surface area contributed by atoms with Gasteiger partial charge in [-0.3, -0.25) is 0 Å². The number of rotatable bonds is 6. The number of methoxy groups -OCH3 is 1. The number of imidazole rings is 1. The molecule has 3 rings (SSSR count). The number of aryl methyl sites for hydroxylation is 1. The van der Waals surface area contributed by atoms with E-state index in [1.807, 2.05) is 36.4 Å². The first-order chi connectivity index (χ1) is 10.8. The van der Waals surface area contributed by atoms with Crippen LogP contribution in [0.3, 0.4) is 0 Å². The second-order valence-electron chi connectivity index (χ2n) is 4.86. The number of ether oxygens (including phenoxy) is 2. The van der Waals surface area contributed by atoms with Gasteiger partial charge in [0.15, 0.2) is 16.7 Å². The summed E-state index contributed by atoms with van der Waals surface area (Å²) in [6.45, 7) is 2.67. The van der Waals surface area contributed by atoms with E-state index < -0.39 is 0 Å². The van der Waals surface area contributed by atoms with Gasteiger partial charge in [-0.15, -0.1) is 12.4 Å². The molecule has 0 aliphatic heterocycles. The summed E-state index contributed by atoms with van der Waals surface area (Å²) in [6, 6.07) is 13.8. The summed E-state index contributed by atoms with van der Waals surface area (Å²) in [4.78, 5) is 7.95. The maximum atomic E-state index is 5.76. The molecule has 0 spiro atoms. The number of para-hydroxylation sites is 3. The second-order valence-corrected chi connectivity index (χ2v) is 5.94. The summed E-state index contributed by atoms with van der Waals surface area (Å²) in [5.41, 5.74) is 3.30. The fraction of sp³-hybridized carbons (Fsp3) is 0.235. The normalized spacial score (nSPS) is 10.3. The van der Waals surface area contributed by atoms with Crippen molar-refractivity contribution in [2.75, 3.05) is 19.5 Å². The number of hydrogen-bond acceptors (Lipinski definition) is 4. The molecule has 4 nitrogen and oxygen atoms in total. The summed E-state index contributed by atoms with van der Waals surface area (Å²) in [6.07, 6.45) is 0. The maximum Gasteiger partial charge on any atom is 0.166 e. The lowest BCUT2D eigenvalue weighted by Gasteiger charge is -2.09. The summed E-state index contributed by atoms with van der Waals surface area (Å²) in [5.74, 6) is 2.34. The minimum Gasteiger partial charge on any atom is -0.493 e. The lowest BCUT2D eigenvalue weighted by atomic mass is 10.2. The van der Waals surface area contributed by atoms with E-state index in [-0.39, 0.29) is 12.4 Å². The van der Waals surface area contributed by atoms with Crippen molar-refractivity contribution in [3.05, 3.63) is 48.0 Å². The molecular formula is C17H19ClN2O2S. The maximum absolute atomic E-state index is 5.76. The molecule has 0 aliphatic carbocycles. The Balaban J connectivity index is 0.00000192. The van der Waals surface area contributed by atoms with Crippen LogP contribution in [-0.2, 0) is 0 Å². The fourth-order valence-corrected chi connectivity index (χ4v) is 2.95. The fourth-order valence-electron chi connectivity index (χ4n) is 2.25. The van der Waals surface area contributed by atoms with Crippen LogP contribution in [0.2, 0.25) is 0 Å². The minimum atomic E-state index is 0. The predicted octanol–water partition coefficient (Wildman–Crippen LogP) is 4.47. The van der Waals surface area contributed by atoms with Crippen LogP contribution >= 0.6 is 24.2 Å². The number of hydrogen-bond donors (Lipinski definition) is 1. The number of aromatic nitrogens is 2. The van der Waals surface area contributed by atoms with Gasteiger partial charge in [-0.05, 0) is 30.7 Å². The van der Waals surface area contributed by atoms with Crippen LogP contribution in [0.4, 0.5) is 0 Å². The number of benzene rings is 2. The van der Waals surface area contributed by atoms with Crippen LogP contribution < -0.4 is 9.47 Å². The third-order valence-corrected chi connectivity index (χ3v) is 4.18. The number of fused-ring (bicyclic) bond motifs is 1. The van der Waals surface area contributed by atoms with Crippen LogP contribution in [0.1, 0.15) is 5.56 Å². The van der Waals surface area contributed by atoms with Crippen molar-refractivity contribution >= 4 is 35.2 Å². The second kappa shape index (κ2) is 8.13. The van der Waals surface area contributed by atoms with Crippen LogP contribution in [0.25, 0.3) is 11.0 Å². The number of aromatic amines is 1. The van der Waals surface area contributed by atoms with Crippen molar-refractivity contribution in [1.82, 2.24) is 9.97 Å². The van der Waals surface area contributed by atoms with E-state index in [2.05, 4.69) is 23.0 Å². The zero-order valence-corrected chi connectivity index (χ0v) is 14.7. The standard InChI is InChI=1S/C17H18N2O2S.ClH/c1-12-6-5-7-13-16(12)19-17(18-13)22-11-10-21-15-9-4-3-8-14(15)20-2;/h3-9H,10-11H2,1-2H3,(H,18,19);1H. The molecule has 1 heterocycles. The van der Waals surface area contributed by atoms with Gasteiger partial charge in [0.05, 0.1) is 24.8 Å². The Kier molecular flexibility index (Phi) is 6.19. The van der Waals surface area contributed by atoms with Crippen molar-refractivity contribution < 1.29 is 9.47 Å². The molecule has 0 amide bonds. The predicted molar refractivity (Wildman–Crippen MR) is 97.3 cm³/mol. The Hall–Kier alpha value is -1.85. The Morgan fingerprint density at radius 3 is 2.61 bits per heavy atom. The first kappa shape index (κ1) is 17.5. The molecule has 122 valence electrons. The largest absolute Gasteiger partial charge is 0.493 e. The van der Waals surface area contributed by atoms with Gasteiger partial charge in [-0.2, -0.15) is 0 Å². The van der Waals surface area contributed by atoms with Crippen molar-refractivity contribution in [3.8, 4) is 11.5 Å². The van der Waals surface area contributed by atoms with E-state index in [9.17, 15) is 0 Å². The van der Waals surface area contributed by atoms with Crippen LogP contribution in [0.5, 0.6) is 11.5 Å². The topological polar surface area (TPSA) is 47.1 Å². The quantitative estimate of drug-likeness (QED) is 0.526. The third kappa shape index (κ3) is 4.12. The van der Waals surface area contributed by atoms with E-state index in [1.165, 1.54) is 5.56 Å². The molecule has 0 aliphatic rings. The lowest BCUT2D eigenvalue weighted by Crippen LogP contribution is -2.01. The highest BCUT2D eigenvalue weighted by atomic mass is 35.5. The van der Waals surface area contributed by atoms with Gasteiger partial charge in [-0.25, -0.2) is 4.98 Å². The number of nitrogens with zero attached hydrogens (tertiary/aromatic N) is 1. The van der Waals surface area contributed by atoms with Crippen LogP contribution in [-0.4, -0.2) is 29.4 Å². The van der Waals surface area contributed by atoms with Gasteiger partial charge in [-0.1, -0.05) is 36.0 Å². The number of H-pyrrole nitrogens is 1. The van der Waals surface area contributed by atoms with Crippen molar-refractivity contribution in [2.24, 2.45) is 0 Å². The Bertz CT molecular complexity index is 776. The molecule has 0 saturated carbocycles. The lowest BCUT2D eigenvalue weighted by molar-refractivity contribution is 0.313. The van der Waals surface area contributed by atoms with Crippen LogP contribution in [0.15, 0.2) is 47.6 Å². The SMILES string of the molecule is COc1ccccc1OCCSc1nc2c(C)cccc2[nH]1.Cl. The summed E-state index contributed by atoms with van der Waals surface area (Å²) >= 11 is 1.66. The minimum absolute atomic E-state index is 0. The van der Waals surface area contributed by atoms with Crippen LogP contribution in [0, 0.1) is 6.92 Å². The molecule has 0 atom stereocenters. The zero-order valence-electron chi connectivity index (χ0n) is 13.0. The highest BCUT2D eigenvalue weighted by Crippen LogP contribution is 2.26. The molecule has 0 saturated heterocycles. The molecule has 0 unspecified atom stereocenters. The van der Waals surface area contributed by atoms with Gasteiger partial charge in [0.1, 0.15) is 0 Å². The molecular weight excluding hydrogens is 332 g/mol. The molecule has 0 radical (unpaired) electrons. The summed E-state index contributed by atoms with van der Waals surface area (Å²) in [5, 5.41) is 0.924. The van der Waals surface area contributed by atoms with E-state index in [0.29, 0.717) is 6.61 Å². The average molecular weight is 351 g/mol. The van der Waals surface area contributed by atoms with E-state index in [4.69, 9.17) is 9.47 Å². The number of nitrogens with one attached hydrogen (secondary N) is 1. The Labute approximate surface area is 146 Å². The highest BCUT2D eigenvalue weighted by molar-refractivity contribution is 7.99. The number of thioether (sulfide) groups is 1. The molecule has 0 bridgehead atoms. The zero-order chi connectivity index (χ0) is 15.4. The van der Waals surface area contributed by atoms with E-state index in [0.717, 1.165) is 33.4 Å². The summed E-state index contributed by atoms with van der Waals surface area (Å²) < 4.78 is 11.0. The van der Waals surface area contributed by atoms with Crippen molar-refractivity contribution in [1.29, 1.82) is 0 Å². The molecule has 1 N–H and O–H groups in total. The van der Waals surface area contributed by atoms with E-state index >= 15 is 0 Å². The third-order valence-electron chi connectivity index (χ3n) is 3.34. The molecule has 2 aromatic carbocycles. The van der Waals surface area contributed by atoms with Gasteiger partial charge in [0, 0.05) is 5.75 Å². The smallest absolute Gasteiger partial charge is 0.166 e. The van der Waals surface area contributed by atoms with Gasteiger partial charge in [0.2, 0.25) is 0 Å². The van der Waals surface area contributed by atoms with Crippen molar-refractivity contribution in [2.45, 2.75) is 12.1 Å². The molecule has 3 aromatic rings. The molecule has 6 heteroatoms. The molecule has 0 fully saturated rings. The van der Waals surface area contributed by atoms with Gasteiger partial charge >= 0.3 is 0 Å². The first-order valence-electron chi connectivity index (χ1n) is 7.12.